The predicted octanol–water partition coefficient (Wildman–Crippen LogP) is 3.22. The van der Waals surface area contributed by atoms with E-state index in [9.17, 15) is 9.59 Å². The number of nitrogens with one attached hydrogen (secondary N) is 1. The number of amides is 1. The number of carboxylic acid groups (broad SMARTS) is 1. The van der Waals surface area contributed by atoms with Crippen LogP contribution in [0.4, 0.5) is 5.69 Å². The largest absolute Gasteiger partial charge is 0.481 e. The molecule has 0 saturated carbocycles. The molecule has 4 heteroatoms. The van der Waals surface area contributed by atoms with Gasteiger partial charge in [0, 0.05) is 18.5 Å². The number of rotatable bonds is 8. The highest BCUT2D eigenvalue weighted by molar-refractivity contribution is 5.90. The van der Waals surface area contributed by atoms with Gasteiger partial charge in [0.1, 0.15) is 0 Å². The summed E-state index contributed by atoms with van der Waals surface area (Å²) in [5.41, 5.74) is 1.66. The van der Waals surface area contributed by atoms with Crippen molar-refractivity contribution < 1.29 is 14.7 Å². The first-order chi connectivity index (χ1) is 9.11. The number of carbonyl (C=O) groups excluding carboxylic acids is 1. The molecular formula is C15H21NO3. The zero-order chi connectivity index (χ0) is 14.1. The van der Waals surface area contributed by atoms with Gasteiger partial charge >= 0.3 is 5.97 Å². The molecular weight excluding hydrogens is 242 g/mol. The molecule has 0 unspecified atom stereocenters. The Balaban J connectivity index is 2.47. The Labute approximate surface area is 113 Å². The van der Waals surface area contributed by atoms with Gasteiger partial charge in [0.25, 0.3) is 0 Å². The van der Waals surface area contributed by atoms with E-state index < -0.39 is 5.97 Å². The minimum absolute atomic E-state index is 0.0174. The monoisotopic (exact) mass is 263 g/mol. The van der Waals surface area contributed by atoms with E-state index in [4.69, 9.17) is 5.11 Å². The van der Waals surface area contributed by atoms with E-state index in [1.54, 1.807) is 0 Å². The second kappa shape index (κ2) is 8.29. The van der Waals surface area contributed by atoms with Crippen molar-refractivity contribution in [2.45, 2.75) is 45.4 Å². The maximum Gasteiger partial charge on any atom is 0.303 e. The average molecular weight is 263 g/mol. The van der Waals surface area contributed by atoms with Crippen LogP contribution in [0.15, 0.2) is 24.3 Å². The topological polar surface area (TPSA) is 66.4 Å². The minimum atomic E-state index is -0.811. The van der Waals surface area contributed by atoms with Gasteiger partial charge in [-0.1, -0.05) is 31.9 Å². The van der Waals surface area contributed by atoms with Gasteiger partial charge < -0.3 is 10.4 Å². The highest BCUT2D eigenvalue weighted by Gasteiger charge is 2.04. The van der Waals surface area contributed by atoms with E-state index in [0.29, 0.717) is 12.8 Å². The zero-order valence-corrected chi connectivity index (χ0v) is 11.3. The van der Waals surface area contributed by atoms with E-state index >= 15 is 0 Å². The first kappa shape index (κ1) is 15.2. The van der Waals surface area contributed by atoms with Crippen molar-refractivity contribution in [3.8, 4) is 0 Å². The number of benzene rings is 1. The van der Waals surface area contributed by atoms with E-state index in [0.717, 1.165) is 30.5 Å². The van der Waals surface area contributed by atoms with Crippen LogP contribution in [0.5, 0.6) is 0 Å². The Morgan fingerprint density at radius 2 is 2.00 bits per heavy atom. The molecule has 0 saturated heterocycles. The number of carbonyl (C=O) groups is 2. The molecule has 1 aromatic carbocycles. The van der Waals surface area contributed by atoms with Gasteiger partial charge in [-0.2, -0.15) is 0 Å². The molecule has 19 heavy (non-hydrogen) atoms. The molecule has 1 rings (SSSR count). The quantitative estimate of drug-likeness (QED) is 0.708. The Bertz CT molecular complexity index is 429. The van der Waals surface area contributed by atoms with Gasteiger partial charge in [-0.3, -0.25) is 9.59 Å². The molecule has 1 aromatic rings. The van der Waals surface area contributed by atoms with Gasteiger partial charge in [-0.25, -0.2) is 0 Å². The highest BCUT2D eigenvalue weighted by atomic mass is 16.4. The van der Waals surface area contributed by atoms with Crippen molar-refractivity contribution in [3.63, 3.8) is 0 Å². The van der Waals surface area contributed by atoms with Crippen LogP contribution in [0.2, 0.25) is 0 Å². The first-order valence-corrected chi connectivity index (χ1v) is 6.72. The molecule has 0 radical (unpaired) electrons. The molecule has 0 fully saturated rings. The van der Waals surface area contributed by atoms with Crippen molar-refractivity contribution in [3.05, 3.63) is 29.8 Å². The molecule has 0 atom stereocenters. The lowest BCUT2D eigenvalue weighted by Gasteiger charge is -2.07. The Morgan fingerprint density at radius 1 is 1.21 bits per heavy atom. The molecule has 0 aliphatic carbocycles. The summed E-state index contributed by atoms with van der Waals surface area (Å²) < 4.78 is 0. The highest BCUT2D eigenvalue weighted by Crippen LogP contribution is 2.13. The summed E-state index contributed by atoms with van der Waals surface area (Å²) in [7, 11) is 0. The molecule has 1 amide bonds. The Hall–Kier alpha value is -1.84. The molecule has 0 aliphatic heterocycles. The third-order valence-corrected chi connectivity index (χ3v) is 2.85. The Kier molecular flexibility index (Phi) is 6.64. The third-order valence-electron chi connectivity index (χ3n) is 2.85. The van der Waals surface area contributed by atoms with Gasteiger partial charge in [0.05, 0.1) is 0 Å². The van der Waals surface area contributed by atoms with Gasteiger partial charge in [-0.05, 0) is 30.5 Å². The fourth-order valence-corrected chi connectivity index (χ4v) is 1.81. The second-order valence-electron chi connectivity index (χ2n) is 4.60. The summed E-state index contributed by atoms with van der Waals surface area (Å²) in [5.74, 6) is -0.794. The van der Waals surface area contributed by atoms with Crippen molar-refractivity contribution in [1.82, 2.24) is 0 Å². The molecule has 0 heterocycles. The SMILES string of the molecule is CCCCCC(=O)Nc1cccc(CCC(=O)O)c1. The normalized spacial score (nSPS) is 10.2. The van der Waals surface area contributed by atoms with Crippen LogP contribution in [-0.2, 0) is 16.0 Å². The van der Waals surface area contributed by atoms with Crippen molar-refractivity contribution >= 4 is 17.6 Å². The molecule has 2 N–H and O–H groups in total. The molecule has 0 aromatic heterocycles. The number of aryl methyl sites for hydroxylation is 1. The number of unbranched alkanes of at least 4 members (excludes halogenated alkanes) is 2. The van der Waals surface area contributed by atoms with E-state index in [1.807, 2.05) is 24.3 Å². The lowest BCUT2D eigenvalue weighted by molar-refractivity contribution is -0.137. The summed E-state index contributed by atoms with van der Waals surface area (Å²) in [6.45, 7) is 2.10. The average Bonchev–Trinajstić information content (AvgIpc) is 2.37. The van der Waals surface area contributed by atoms with Crippen LogP contribution < -0.4 is 5.32 Å². The third kappa shape index (κ3) is 6.60. The lowest BCUT2D eigenvalue weighted by atomic mass is 10.1. The zero-order valence-electron chi connectivity index (χ0n) is 11.3. The number of hydrogen-bond acceptors (Lipinski definition) is 2. The summed E-state index contributed by atoms with van der Waals surface area (Å²) in [6.07, 6.45) is 4.18. The van der Waals surface area contributed by atoms with Gasteiger partial charge in [0.2, 0.25) is 5.91 Å². The fourth-order valence-electron chi connectivity index (χ4n) is 1.81. The van der Waals surface area contributed by atoms with Crippen LogP contribution in [0.1, 0.15) is 44.6 Å². The van der Waals surface area contributed by atoms with Crippen LogP contribution >= 0.6 is 0 Å². The lowest BCUT2D eigenvalue weighted by Crippen LogP contribution is -2.11. The summed E-state index contributed by atoms with van der Waals surface area (Å²) in [6, 6.07) is 7.36. The summed E-state index contributed by atoms with van der Waals surface area (Å²) >= 11 is 0. The van der Waals surface area contributed by atoms with Gasteiger partial charge in [-0.15, -0.1) is 0 Å². The summed E-state index contributed by atoms with van der Waals surface area (Å²) in [5, 5.41) is 11.5. The standard InChI is InChI=1S/C15H21NO3/c1-2-3-4-8-14(17)16-13-7-5-6-12(11-13)9-10-15(18)19/h5-7,11H,2-4,8-10H2,1H3,(H,16,17)(H,18,19). The van der Waals surface area contributed by atoms with Gasteiger partial charge in [0.15, 0.2) is 0 Å². The van der Waals surface area contributed by atoms with Crippen LogP contribution in [-0.4, -0.2) is 17.0 Å². The van der Waals surface area contributed by atoms with E-state index in [2.05, 4.69) is 12.2 Å². The molecule has 4 nitrogen and oxygen atoms in total. The number of anilines is 1. The maximum absolute atomic E-state index is 11.7. The van der Waals surface area contributed by atoms with E-state index in [-0.39, 0.29) is 12.3 Å². The predicted molar refractivity (Wildman–Crippen MR) is 75.2 cm³/mol. The van der Waals surface area contributed by atoms with Crippen LogP contribution in [0.25, 0.3) is 0 Å². The fraction of sp³-hybridized carbons (Fsp3) is 0.467. The van der Waals surface area contributed by atoms with E-state index in [1.165, 1.54) is 0 Å². The van der Waals surface area contributed by atoms with Crippen LogP contribution in [0.3, 0.4) is 0 Å². The minimum Gasteiger partial charge on any atom is -0.481 e. The van der Waals surface area contributed by atoms with Crippen LogP contribution in [0, 0.1) is 0 Å². The molecule has 104 valence electrons. The molecule has 0 aliphatic rings. The molecule has 0 bridgehead atoms. The molecule has 0 spiro atoms. The smallest absolute Gasteiger partial charge is 0.303 e. The maximum atomic E-state index is 11.7. The number of hydrogen-bond donors (Lipinski definition) is 2. The summed E-state index contributed by atoms with van der Waals surface area (Å²) in [4.78, 5) is 22.2. The second-order valence-corrected chi connectivity index (χ2v) is 4.60. The Morgan fingerprint density at radius 3 is 2.68 bits per heavy atom. The van der Waals surface area contributed by atoms with Crippen molar-refractivity contribution in [1.29, 1.82) is 0 Å². The van der Waals surface area contributed by atoms with Crippen molar-refractivity contribution in [2.24, 2.45) is 0 Å². The number of aliphatic carboxylic acids is 1. The van der Waals surface area contributed by atoms with Crippen molar-refractivity contribution in [2.75, 3.05) is 5.32 Å². The first-order valence-electron chi connectivity index (χ1n) is 6.72. The number of carboxylic acids is 1.